The van der Waals surface area contributed by atoms with E-state index in [2.05, 4.69) is 17.9 Å². The van der Waals surface area contributed by atoms with Gasteiger partial charge in [-0.3, -0.25) is 9.69 Å². The maximum Gasteiger partial charge on any atom is 0.241 e. The van der Waals surface area contributed by atoms with Crippen molar-refractivity contribution in [2.75, 3.05) is 31.3 Å². The molecule has 2 aliphatic rings. The van der Waals surface area contributed by atoms with Gasteiger partial charge in [0.2, 0.25) is 12.7 Å². The molecule has 2 heterocycles. The third-order valence-electron chi connectivity index (χ3n) is 4.84. The van der Waals surface area contributed by atoms with Crippen molar-refractivity contribution in [2.24, 2.45) is 0 Å². The first-order valence-corrected chi connectivity index (χ1v) is 8.73. The molecule has 0 unspecified atom stereocenters. The second-order valence-corrected chi connectivity index (χ2v) is 6.41. The fraction of sp³-hybridized carbons (Fsp3) is 0.350. The molecule has 0 fully saturated rings. The molecule has 0 N–H and O–H groups in total. The van der Waals surface area contributed by atoms with Crippen LogP contribution in [0.2, 0.25) is 0 Å². The molecule has 0 bridgehead atoms. The summed E-state index contributed by atoms with van der Waals surface area (Å²) in [5, 5.41) is 0. The summed E-state index contributed by atoms with van der Waals surface area (Å²) in [5.74, 6) is 1.73. The molecule has 4 rings (SSSR count). The molecule has 2 aromatic rings. The second-order valence-electron chi connectivity index (χ2n) is 6.41. The van der Waals surface area contributed by atoms with Crippen LogP contribution in [0.3, 0.4) is 0 Å². The molecule has 0 radical (unpaired) electrons. The predicted octanol–water partition coefficient (Wildman–Crippen LogP) is 2.83. The standard InChI is InChI=1S/C20H22N2O3/c1-2-21(12-15-7-8-18-19(11-15)25-14-24-18)13-20(23)22-10-9-16-5-3-4-6-17(16)22/h3-8,11H,2,9-10,12-14H2,1H3. The molecular weight excluding hydrogens is 316 g/mol. The number of hydrogen-bond acceptors (Lipinski definition) is 4. The molecule has 25 heavy (non-hydrogen) atoms. The highest BCUT2D eigenvalue weighted by molar-refractivity contribution is 5.96. The number of hydrogen-bond donors (Lipinski definition) is 0. The second kappa shape index (κ2) is 6.76. The van der Waals surface area contributed by atoms with Gasteiger partial charge < -0.3 is 14.4 Å². The van der Waals surface area contributed by atoms with Crippen LogP contribution in [0.4, 0.5) is 5.69 Å². The fourth-order valence-electron chi connectivity index (χ4n) is 3.45. The van der Waals surface area contributed by atoms with Crippen molar-refractivity contribution in [1.29, 1.82) is 0 Å². The quantitative estimate of drug-likeness (QED) is 0.841. The summed E-state index contributed by atoms with van der Waals surface area (Å²) in [6.07, 6.45) is 0.941. The van der Waals surface area contributed by atoms with Gasteiger partial charge in [0.25, 0.3) is 0 Å². The minimum absolute atomic E-state index is 0.160. The summed E-state index contributed by atoms with van der Waals surface area (Å²) in [6, 6.07) is 14.1. The van der Waals surface area contributed by atoms with Crippen LogP contribution in [0, 0.1) is 0 Å². The molecule has 0 aliphatic carbocycles. The number of amides is 1. The summed E-state index contributed by atoms with van der Waals surface area (Å²) in [5.41, 5.74) is 3.45. The van der Waals surface area contributed by atoms with Crippen LogP contribution in [0.25, 0.3) is 0 Å². The summed E-state index contributed by atoms with van der Waals surface area (Å²) in [6.45, 7) is 5.09. The van der Waals surface area contributed by atoms with Gasteiger partial charge in [-0.1, -0.05) is 31.2 Å². The number of benzene rings is 2. The van der Waals surface area contributed by atoms with Crippen molar-refractivity contribution < 1.29 is 14.3 Å². The van der Waals surface area contributed by atoms with Gasteiger partial charge in [-0.25, -0.2) is 0 Å². The number of carbonyl (C=O) groups excluding carboxylic acids is 1. The molecule has 0 aromatic heterocycles. The summed E-state index contributed by atoms with van der Waals surface area (Å²) >= 11 is 0. The molecule has 130 valence electrons. The largest absolute Gasteiger partial charge is 0.454 e. The van der Waals surface area contributed by atoms with Gasteiger partial charge in [-0.2, -0.15) is 0 Å². The van der Waals surface area contributed by atoms with Crippen LogP contribution in [0.1, 0.15) is 18.1 Å². The van der Waals surface area contributed by atoms with E-state index in [0.29, 0.717) is 13.1 Å². The number of carbonyl (C=O) groups is 1. The Bertz CT molecular complexity index is 790. The summed E-state index contributed by atoms with van der Waals surface area (Å²) in [7, 11) is 0. The first-order valence-electron chi connectivity index (χ1n) is 8.73. The lowest BCUT2D eigenvalue weighted by Gasteiger charge is -2.24. The molecule has 2 aromatic carbocycles. The zero-order chi connectivity index (χ0) is 17.2. The van der Waals surface area contributed by atoms with Gasteiger partial charge in [0.1, 0.15) is 0 Å². The highest BCUT2D eigenvalue weighted by atomic mass is 16.7. The SMILES string of the molecule is CCN(CC(=O)N1CCc2ccccc21)Cc1ccc2c(c1)OCO2. The first-order chi connectivity index (χ1) is 12.2. The van der Waals surface area contributed by atoms with Crippen molar-refractivity contribution in [2.45, 2.75) is 19.9 Å². The van der Waals surface area contributed by atoms with E-state index in [-0.39, 0.29) is 12.7 Å². The van der Waals surface area contributed by atoms with E-state index >= 15 is 0 Å². The first kappa shape index (κ1) is 16.0. The van der Waals surface area contributed by atoms with Gasteiger partial charge in [-0.15, -0.1) is 0 Å². The number of nitrogens with zero attached hydrogens (tertiary/aromatic N) is 2. The molecule has 1 amide bonds. The summed E-state index contributed by atoms with van der Waals surface area (Å²) < 4.78 is 10.8. The molecule has 2 aliphatic heterocycles. The Kier molecular flexibility index (Phi) is 4.32. The maximum atomic E-state index is 12.8. The normalized spacial score (nSPS) is 14.9. The Morgan fingerprint density at radius 1 is 1.16 bits per heavy atom. The van der Waals surface area contributed by atoms with Gasteiger partial charge in [-0.05, 0) is 42.3 Å². The van der Waals surface area contributed by atoms with E-state index in [9.17, 15) is 4.79 Å². The van der Waals surface area contributed by atoms with E-state index in [4.69, 9.17) is 9.47 Å². The van der Waals surface area contributed by atoms with Gasteiger partial charge in [0.05, 0.1) is 6.54 Å². The lowest BCUT2D eigenvalue weighted by Crippen LogP contribution is -2.39. The summed E-state index contributed by atoms with van der Waals surface area (Å²) in [4.78, 5) is 16.9. The average Bonchev–Trinajstić information content (AvgIpc) is 3.27. The number of likely N-dealkylation sites (N-methyl/N-ethyl adjacent to an activating group) is 1. The van der Waals surface area contributed by atoms with Crippen molar-refractivity contribution in [3.63, 3.8) is 0 Å². The van der Waals surface area contributed by atoms with Crippen LogP contribution in [-0.2, 0) is 17.8 Å². The van der Waals surface area contributed by atoms with Gasteiger partial charge in [0, 0.05) is 18.8 Å². The third kappa shape index (κ3) is 3.20. The highest BCUT2D eigenvalue weighted by Gasteiger charge is 2.25. The van der Waals surface area contributed by atoms with E-state index in [1.807, 2.05) is 41.3 Å². The van der Waals surface area contributed by atoms with Crippen LogP contribution in [0.15, 0.2) is 42.5 Å². The van der Waals surface area contributed by atoms with Crippen molar-refractivity contribution >= 4 is 11.6 Å². The number of fused-ring (bicyclic) bond motifs is 2. The minimum atomic E-state index is 0.160. The van der Waals surface area contributed by atoms with Gasteiger partial charge in [0.15, 0.2) is 11.5 Å². The Morgan fingerprint density at radius 3 is 2.88 bits per heavy atom. The molecule has 5 heteroatoms. The van der Waals surface area contributed by atoms with Crippen molar-refractivity contribution in [3.8, 4) is 11.5 Å². The monoisotopic (exact) mass is 338 g/mol. The molecule has 0 saturated carbocycles. The molecule has 0 saturated heterocycles. The van der Waals surface area contributed by atoms with E-state index in [0.717, 1.165) is 42.3 Å². The van der Waals surface area contributed by atoms with Crippen LogP contribution < -0.4 is 14.4 Å². The maximum absolute atomic E-state index is 12.8. The number of para-hydroxylation sites is 1. The van der Waals surface area contributed by atoms with Crippen LogP contribution >= 0.6 is 0 Å². The van der Waals surface area contributed by atoms with Crippen LogP contribution in [-0.4, -0.2) is 37.2 Å². The zero-order valence-corrected chi connectivity index (χ0v) is 14.4. The number of anilines is 1. The van der Waals surface area contributed by atoms with E-state index in [1.54, 1.807) is 0 Å². The Morgan fingerprint density at radius 2 is 2.00 bits per heavy atom. The smallest absolute Gasteiger partial charge is 0.241 e. The van der Waals surface area contributed by atoms with E-state index < -0.39 is 0 Å². The molecule has 0 atom stereocenters. The topological polar surface area (TPSA) is 42.0 Å². The third-order valence-corrected chi connectivity index (χ3v) is 4.84. The van der Waals surface area contributed by atoms with E-state index in [1.165, 1.54) is 5.56 Å². The lowest BCUT2D eigenvalue weighted by molar-refractivity contribution is -0.119. The lowest BCUT2D eigenvalue weighted by atomic mass is 10.2. The van der Waals surface area contributed by atoms with Crippen LogP contribution in [0.5, 0.6) is 11.5 Å². The van der Waals surface area contributed by atoms with Gasteiger partial charge >= 0.3 is 0 Å². The number of ether oxygens (including phenoxy) is 2. The minimum Gasteiger partial charge on any atom is -0.454 e. The Balaban J connectivity index is 1.43. The highest BCUT2D eigenvalue weighted by Crippen LogP contribution is 2.33. The van der Waals surface area contributed by atoms with Crippen molar-refractivity contribution in [1.82, 2.24) is 4.90 Å². The Hall–Kier alpha value is -2.53. The Labute approximate surface area is 147 Å². The zero-order valence-electron chi connectivity index (χ0n) is 14.4. The molecular formula is C20H22N2O3. The van der Waals surface area contributed by atoms with Crippen molar-refractivity contribution in [3.05, 3.63) is 53.6 Å². The predicted molar refractivity (Wildman–Crippen MR) is 96.0 cm³/mol. The molecule has 0 spiro atoms. The number of rotatable bonds is 5. The fourth-order valence-corrected chi connectivity index (χ4v) is 3.45. The molecule has 5 nitrogen and oxygen atoms in total. The average molecular weight is 338 g/mol.